The second-order valence-electron chi connectivity index (χ2n) is 6.47. The summed E-state index contributed by atoms with van der Waals surface area (Å²) >= 11 is 0. The van der Waals surface area contributed by atoms with Crippen molar-refractivity contribution in [2.75, 3.05) is 17.2 Å². The van der Waals surface area contributed by atoms with Gasteiger partial charge in [0.2, 0.25) is 0 Å². The minimum absolute atomic E-state index is 0.775. The maximum Gasteiger partial charge on any atom is 0.180 e. The highest BCUT2D eigenvalue weighted by Crippen LogP contribution is 2.20. The van der Waals surface area contributed by atoms with Crippen molar-refractivity contribution in [3.8, 4) is 0 Å². The molecule has 0 aromatic carbocycles. The molecule has 0 fully saturated rings. The average molecular weight is 362 g/mol. The topological polar surface area (TPSA) is 67.1 Å². The molecule has 0 bridgehead atoms. The third kappa shape index (κ3) is 4.73. The lowest BCUT2D eigenvalue weighted by molar-refractivity contribution is 0.742. The van der Waals surface area contributed by atoms with Gasteiger partial charge in [-0.15, -0.1) is 0 Å². The van der Waals surface area contributed by atoms with Crippen LogP contribution in [0.25, 0.3) is 11.2 Å². The Morgan fingerprint density at radius 1 is 1.26 bits per heavy atom. The number of pyridine rings is 1. The third-order valence-corrected chi connectivity index (χ3v) is 4.27. The lowest BCUT2D eigenvalue weighted by Crippen LogP contribution is -2.04. The Morgan fingerprint density at radius 3 is 2.93 bits per heavy atom. The summed E-state index contributed by atoms with van der Waals surface area (Å²) in [4.78, 5) is 8.93. The molecule has 0 atom stereocenters. The Balaban J connectivity index is 1.78. The summed E-state index contributed by atoms with van der Waals surface area (Å²) in [5.41, 5.74) is 4.70. The van der Waals surface area contributed by atoms with Crippen molar-refractivity contribution < 1.29 is 0 Å². The Kier molecular flexibility index (Phi) is 6.20. The highest BCUT2D eigenvalue weighted by Gasteiger charge is 2.06. The molecule has 3 aromatic heterocycles. The molecule has 0 aliphatic carbocycles. The van der Waals surface area contributed by atoms with Crippen LogP contribution in [-0.2, 0) is 0 Å². The van der Waals surface area contributed by atoms with Crippen LogP contribution in [0.3, 0.4) is 0 Å². The Morgan fingerprint density at radius 2 is 2.15 bits per heavy atom. The number of anilines is 2. The molecule has 0 spiro atoms. The Hall–Kier alpha value is -3.15. The van der Waals surface area contributed by atoms with Crippen LogP contribution in [0.15, 0.2) is 55.8 Å². The molecule has 3 heterocycles. The smallest absolute Gasteiger partial charge is 0.180 e. The number of nitrogens with zero attached hydrogens (tertiary/aromatic N) is 4. The molecule has 6 heteroatoms. The number of aromatic nitrogens is 4. The monoisotopic (exact) mass is 362 g/mol. The largest absolute Gasteiger partial charge is 0.370 e. The standard InChI is InChI=1S/C21H26N6/c1-4-6-7-9-23-20-8-10-27-21(26-20)19(15-25-27)24-14-17(5-2)18-11-16(3)12-22-13-18/h5,8,10-15,24H,2,4,6-7,9H2,1,3H3,(H,23,26)/b17-14+. The van der Waals surface area contributed by atoms with Crippen molar-refractivity contribution >= 4 is 22.7 Å². The van der Waals surface area contributed by atoms with Crippen molar-refractivity contribution in [1.82, 2.24) is 19.6 Å². The second-order valence-corrected chi connectivity index (χ2v) is 6.47. The van der Waals surface area contributed by atoms with Crippen molar-refractivity contribution in [2.45, 2.75) is 33.1 Å². The first-order valence-electron chi connectivity index (χ1n) is 9.30. The van der Waals surface area contributed by atoms with Crippen molar-refractivity contribution in [3.63, 3.8) is 0 Å². The van der Waals surface area contributed by atoms with E-state index in [1.165, 1.54) is 12.8 Å². The van der Waals surface area contributed by atoms with E-state index in [0.29, 0.717) is 0 Å². The van der Waals surface area contributed by atoms with E-state index in [2.05, 4.69) is 45.3 Å². The van der Waals surface area contributed by atoms with Crippen LogP contribution in [0.5, 0.6) is 0 Å². The van der Waals surface area contributed by atoms with E-state index < -0.39 is 0 Å². The van der Waals surface area contributed by atoms with E-state index in [-0.39, 0.29) is 0 Å². The number of fused-ring (bicyclic) bond motifs is 1. The van der Waals surface area contributed by atoms with Gasteiger partial charge in [-0.2, -0.15) is 5.10 Å². The maximum absolute atomic E-state index is 4.68. The summed E-state index contributed by atoms with van der Waals surface area (Å²) in [7, 11) is 0. The van der Waals surface area contributed by atoms with Crippen LogP contribution in [0.4, 0.5) is 11.5 Å². The van der Waals surface area contributed by atoms with E-state index in [1.54, 1.807) is 10.7 Å². The molecule has 140 valence electrons. The predicted molar refractivity (Wildman–Crippen MR) is 112 cm³/mol. The number of aryl methyl sites for hydroxylation is 1. The summed E-state index contributed by atoms with van der Waals surface area (Å²) in [5.74, 6) is 0.859. The minimum Gasteiger partial charge on any atom is -0.370 e. The number of hydrogen-bond acceptors (Lipinski definition) is 5. The van der Waals surface area contributed by atoms with E-state index in [4.69, 9.17) is 0 Å². The van der Waals surface area contributed by atoms with Crippen LogP contribution in [0, 0.1) is 6.92 Å². The molecule has 0 unspecified atom stereocenters. The summed E-state index contributed by atoms with van der Waals surface area (Å²) in [6.45, 7) is 9.06. The molecule has 27 heavy (non-hydrogen) atoms. The fraction of sp³-hybridized carbons (Fsp3) is 0.286. The van der Waals surface area contributed by atoms with Crippen molar-refractivity contribution in [1.29, 1.82) is 0 Å². The zero-order chi connectivity index (χ0) is 19.1. The SMILES string of the molecule is C=C/C(=C\Nc1cnn2ccc(NCCCCC)nc12)c1cncc(C)c1. The van der Waals surface area contributed by atoms with Gasteiger partial charge in [-0.25, -0.2) is 9.50 Å². The zero-order valence-electron chi connectivity index (χ0n) is 15.9. The zero-order valence-corrected chi connectivity index (χ0v) is 15.9. The van der Waals surface area contributed by atoms with Gasteiger partial charge >= 0.3 is 0 Å². The van der Waals surface area contributed by atoms with Gasteiger partial charge in [-0.1, -0.05) is 32.4 Å². The Labute approximate surface area is 160 Å². The molecule has 0 saturated carbocycles. The first-order valence-corrected chi connectivity index (χ1v) is 9.30. The van der Waals surface area contributed by atoms with E-state index in [1.807, 2.05) is 43.9 Å². The van der Waals surface area contributed by atoms with Crippen LogP contribution in [-0.4, -0.2) is 26.1 Å². The van der Waals surface area contributed by atoms with Crippen LogP contribution in [0.1, 0.15) is 37.3 Å². The summed E-state index contributed by atoms with van der Waals surface area (Å²) in [6.07, 6.45) is 14.6. The van der Waals surface area contributed by atoms with Gasteiger partial charge < -0.3 is 10.6 Å². The van der Waals surface area contributed by atoms with Crippen LogP contribution >= 0.6 is 0 Å². The number of unbranched alkanes of at least 4 members (excludes halogenated alkanes) is 2. The number of allylic oxidation sites excluding steroid dienone is 2. The van der Waals surface area contributed by atoms with Gasteiger partial charge in [0.1, 0.15) is 11.5 Å². The van der Waals surface area contributed by atoms with Gasteiger partial charge in [-0.05, 0) is 36.6 Å². The molecule has 0 radical (unpaired) electrons. The first-order chi connectivity index (χ1) is 13.2. The summed E-state index contributed by atoms with van der Waals surface area (Å²) in [6, 6.07) is 4.02. The fourth-order valence-electron chi connectivity index (χ4n) is 2.79. The quantitative estimate of drug-likeness (QED) is 0.427. The van der Waals surface area contributed by atoms with Gasteiger partial charge in [0.25, 0.3) is 0 Å². The number of hydrogen-bond donors (Lipinski definition) is 2. The normalized spacial score (nSPS) is 11.6. The number of rotatable bonds is 9. The number of nitrogens with one attached hydrogen (secondary N) is 2. The molecule has 3 aromatic rings. The predicted octanol–water partition coefficient (Wildman–Crippen LogP) is 4.67. The van der Waals surface area contributed by atoms with E-state index in [0.717, 1.165) is 46.8 Å². The lowest BCUT2D eigenvalue weighted by Gasteiger charge is -2.07. The van der Waals surface area contributed by atoms with Crippen LogP contribution in [0.2, 0.25) is 0 Å². The van der Waals surface area contributed by atoms with Crippen molar-refractivity contribution in [2.24, 2.45) is 0 Å². The van der Waals surface area contributed by atoms with Crippen LogP contribution < -0.4 is 10.6 Å². The van der Waals surface area contributed by atoms with E-state index in [9.17, 15) is 0 Å². The highest BCUT2D eigenvalue weighted by atomic mass is 15.3. The third-order valence-electron chi connectivity index (χ3n) is 4.27. The Bertz CT molecular complexity index is 941. The molecule has 3 rings (SSSR count). The molecule has 0 aliphatic heterocycles. The van der Waals surface area contributed by atoms with Crippen molar-refractivity contribution in [3.05, 3.63) is 66.9 Å². The molecule has 0 saturated heterocycles. The summed E-state index contributed by atoms with van der Waals surface area (Å²) in [5, 5.41) is 11.0. The average Bonchev–Trinajstić information content (AvgIpc) is 3.08. The molecule has 2 N–H and O–H groups in total. The fourth-order valence-corrected chi connectivity index (χ4v) is 2.79. The highest BCUT2D eigenvalue weighted by molar-refractivity contribution is 5.77. The van der Waals surface area contributed by atoms with Gasteiger partial charge in [0.15, 0.2) is 5.65 Å². The molecular formula is C21H26N6. The minimum atomic E-state index is 0.775. The molecule has 6 nitrogen and oxygen atoms in total. The first kappa shape index (κ1) is 18.6. The van der Waals surface area contributed by atoms with Gasteiger partial charge in [-0.3, -0.25) is 4.98 Å². The summed E-state index contributed by atoms with van der Waals surface area (Å²) < 4.78 is 1.76. The second kappa shape index (κ2) is 8.98. The van der Waals surface area contributed by atoms with Gasteiger partial charge in [0.05, 0.1) is 6.20 Å². The lowest BCUT2D eigenvalue weighted by atomic mass is 10.1. The van der Waals surface area contributed by atoms with E-state index >= 15 is 0 Å². The molecule has 0 amide bonds. The maximum atomic E-state index is 4.68. The molecular weight excluding hydrogens is 336 g/mol. The molecule has 0 aliphatic rings. The van der Waals surface area contributed by atoms with Gasteiger partial charge in [0, 0.05) is 36.9 Å².